The van der Waals surface area contributed by atoms with E-state index in [1.807, 2.05) is 24.3 Å². The van der Waals surface area contributed by atoms with Gasteiger partial charge in [0.2, 0.25) is 11.7 Å². The number of hydrogen-bond acceptors (Lipinski definition) is 6. The topological polar surface area (TPSA) is 93.2 Å². The predicted octanol–water partition coefficient (Wildman–Crippen LogP) is 2.99. The van der Waals surface area contributed by atoms with E-state index in [2.05, 4.69) is 41.4 Å². The number of thioether (sulfide) groups is 1. The first kappa shape index (κ1) is 22.1. The van der Waals surface area contributed by atoms with Crippen LogP contribution in [-0.2, 0) is 4.79 Å². The summed E-state index contributed by atoms with van der Waals surface area (Å²) >= 11 is 1.61. The molecule has 1 aliphatic heterocycles. The van der Waals surface area contributed by atoms with Gasteiger partial charge in [0.25, 0.3) is 5.91 Å². The normalized spacial score (nSPS) is 19.5. The number of amides is 2. The summed E-state index contributed by atoms with van der Waals surface area (Å²) in [6.07, 6.45) is 3.81. The molecule has 160 valence electrons. The van der Waals surface area contributed by atoms with Crippen LogP contribution in [0.15, 0.2) is 42.7 Å². The van der Waals surface area contributed by atoms with Crippen molar-refractivity contribution in [2.75, 3.05) is 18.9 Å². The van der Waals surface area contributed by atoms with Gasteiger partial charge in [-0.1, -0.05) is 32.9 Å². The van der Waals surface area contributed by atoms with Gasteiger partial charge in [-0.15, -0.1) is 11.8 Å². The number of benzene rings is 1. The zero-order valence-corrected chi connectivity index (χ0v) is 18.4. The molecule has 0 bridgehead atoms. The number of ether oxygens (including phenoxy) is 1. The lowest BCUT2D eigenvalue weighted by Crippen LogP contribution is -2.44. The highest BCUT2D eigenvalue weighted by Crippen LogP contribution is 2.34. The molecule has 0 spiro atoms. The van der Waals surface area contributed by atoms with E-state index >= 15 is 0 Å². The van der Waals surface area contributed by atoms with Crippen molar-refractivity contribution in [3.8, 4) is 5.75 Å². The van der Waals surface area contributed by atoms with Gasteiger partial charge in [0, 0.05) is 25.0 Å². The first-order valence-electron chi connectivity index (χ1n) is 10.0. The van der Waals surface area contributed by atoms with Crippen molar-refractivity contribution in [1.29, 1.82) is 0 Å². The molecule has 2 N–H and O–H groups in total. The number of hydrogen-bond donors (Lipinski definition) is 2. The van der Waals surface area contributed by atoms with E-state index in [1.54, 1.807) is 17.8 Å². The average molecular weight is 429 g/mol. The minimum atomic E-state index is -0.345. The highest BCUT2D eigenvalue weighted by molar-refractivity contribution is 8.00. The minimum absolute atomic E-state index is 0.0549. The molecule has 1 aromatic heterocycles. The van der Waals surface area contributed by atoms with Gasteiger partial charge in [0.15, 0.2) is 0 Å². The number of carbonyl (C=O) groups excluding carboxylic acids is 2. The number of rotatable bonds is 6. The molecule has 8 heteroatoms. The Morgan fingerprint density at radius 2 is 2.03 bits per heavy atom. The molecule has 1 saturated heterocycles. The van der Waals surface area contributed by atoms with Gasteiger partial charge in [-0.05, 0) is 41.4 Å². The van der Waals surface area contributed by atoms with Crippen LogP contribution in [0.5, 0.6) is 5.75 Å². The Morgan fingerprint density at radius 1 is 1.27 bits per heavy atom. The van der Waals surface area contributed by atoms with Crippen LogP contribution >= 0.6 is 11.8 Å². The smallest absolute Gasteiger partial charge is 0.289 e. The largest absolute Gasteiger partial charge is 0.493 e. The molecule has 1 fully saturated rings. The molecule has 3 rings (SSSR count). The van der Waals surface area contributed by atoms with Crippen molar-refractivity contribution in [1.82, 2.24) is 20.6 Å². The van der Waals surface area contributed by atoms with E-state index in [0.717, 1.165) is 23.5 Å². The van der Waals surface area contributed by atoms with Crippen molar-refractivity contribution >= 4 is 23.6 Å². The van der Waals surface area contributed by atoms with E-state index < -0.39 is 0 Å². The van der Waals surface area contributed by atoms with Crippen LogP contribution in [0.25, 0.3) is 0 Å². The average Bonchev–Trinajstić information content (AvgIpc) is 2.92. The maximum Gasteiger partial charge on any atom is 0.289 e. The molecule has 2 heterocycles. The second-order valence-electron chi connectivity index (χ2n) is 8.45. The van der Waals surface area contributed by atoms with Crippen LogP contribution in [0.1, 0.15) is 48.6 Å². The molecule has 0 unspecified atom stereocenters. The molecule has 1 aliphatic rings. The fourth-order valence-corrected chi connectivity index (χ4v) is 4.15. The quantitative estimate of drug-likeness (QED) is 0.735. The third-order valence-electron chi connectivity index (χ3n) is 4.45. The first-order valence-corrected chi connectivity index (χ1v) is 11.1. The lowest BCUT2D eigenvalue weighted by molar-refractivity contribution is -0.121. The summed E-state index contributed by atoms with van der Waals surface area (Å²) in [4.78, 5) is 32.9. The van der Waals surface area contributed by atoms with Gasteiger partial charge >= 0.3 is 0 Å². The summed E-state index contributed by atoms with van der Waals surface area (Å²) < 4.78 is 5.90. The Kier molecular flexibility index (Phi) is 7.31. The van der Waals surface area contributed by atoms with Crippen LogP contribution in [0, 0.1) is 5.41 Å². The highest BCUT2D eigenvalue weighted by atomic mass is 32.2. The van der Waals surface area contributed by atoms with E-state index in [9.17, 15) is 9.59 Å². The molecule has 2 atom stereocenters. The van der Waals surface area contributed by atoms with Crippen molar-refractivity contribution < 1.29 is 14.3 Å². The molecule has 2 amide bonds. The lowest BCUT2D eigenvalue weighted by atomic mass is 9.99. The van der Waals surface area contributed by atoms with E-state index in [0.29, 0.717) is 13.2 Å². The molecule has 0 aliphatic carbocycles. The number of nitrogens with one attached hydrogen (secondary N) is 2. The fraction of sp³-hybridized carbons (Fsp3) is 0.455. The minimum Gasteiger partial charge on any atom is -0.493 e. The molecule has 0 saturated carbocycles. The second kappa shape index (κ2) is 9.93. The van der Waals surface area contributed by atoms with Gasteiger partial charge in [-0.25, -0.2) is 9.97 Å². The third-order valence-corrected chi connectivity index (χ3v) is 5.74. The van der Waals surface area contributed by atoms with Gasteiger partial charge in [0.05, 0.1) is 6.61 Å². The van der Waals surface area contributed by atoms with Crippen LogP contribution in [0.2, 0.25) is 0 Å². The maximum atomic E-state index is 12.9. The lowest BCUT2D eigenvalue weighted by Gasteiger charge is -2.20. The van der Waals surface area contributed by atoms with Crippen LogP contribution in [-0.4, -0.2) is 46.7 Å². The van der Waals surface area contributed by atoms with E-state index in [-0.39, 0.29) is 34.3 Å². The molecule has 7 nitrogen and oxygen atoms in total. The summed E-state index contributed by atoms with van der Waals surface area (Å²) in [6, 6.07) is 9.25. The molecular weight excluding hydrogens is 400 g/mol. The molecule has 1 aromatic carbocycles. The zero-order valence-electron chi connectivity index (χ0n) is 17.6. The Morgan fingerprint density at radius 3 is 2.77 bits per heavy atom. The first-order chi connectivity index (χ1) is 14.3. The summed E-state index contributed by atoms with van der Waals surface area (Å²) in [6.45, 7) is 7.30. The van der Waals surface area contributed by atoms with Gasteiger partial charge in [0.1, 0.15) is 11.0 Å². The van der Waals surface area contributed by atoms with Gasteiger partial charge < -0.3 is 15.4 Å². The number of carbonyl (C=O) groups is 2. The Labute approximate surface area is 181 Å². The molecule has 0 radical (unpaired) electrons. The van der Waals surface area contributed by atoms with Crippen molar-refractivity contribution in [3.63, 3.8) is 0 Å². The number of nitrogens with zero attached hydrogens (tertiary/aromatic N) is 2. The van der Waals surface area contributed by atoms with E-state index in [4.69, 9.17) is 4.74 Å². The molecule has 2 aromatic rings. The molecular formula is C22H28N4O3S. The summed E-state index contributed by atoms with van der Waals surface area (Å²) in [5.74, 6) is 1.30. The summed E-state index contributed by atoms with van der Waals surface area (Å²) in [5, 5.41) is 5.55. The fourth-order valence-electron chi connectivity index (χ4n) is 2.93. The van der Waals surface area contributed by atoms with E-state index in [1.165, 1.54) is 12.4 Å². The number of aromatic nitrogens is 2. The van der Waals surface area contributed by atoms with Crippen LogP contribution in [0.3, 0.4) is 0 Å². The predicted molar refractivity (Wildman–Crippen MR) is 118 cm³/mol. The monoisotopic (exact) mass is 428 g/mol. The Hall–Kier alpha value is -2.61. The SMILES string of the molecule is CC(C)(C)COc1cccc([C@H]2SCC[C@@H](CNC(=O)c3ncccn3)NC2=O)c1. The van der Waals surface area contributed by atoms with Crippen LogP contribution in [0.4, 0.5) is 0 Å². The third kappa shape index (κ3) is 6.45. The standard InChI is InChI=1S/C22H28N4O3S/c1-22(2,3)14-29-17-7-4-6-15(12-17)18-20(27)26-16(8-11-30-18)13-25-21(28)19-23-9-5-10-24-19/h4-7,9-10,12,16,18H,8,11,13-14H2,1-3H3,(H,25,28)(H,26,27)/t16-,18+/m0/s1. The molecule has 30 heavy (non-hydrogen) atoms. The summed E-state index contributed by atoms with van der Waals surface area (Å²) in [5.41, 5.74) is 0.985. The van der Waals surface area contributed by atoms with Crippen LogP contribution < -0.4 is 15.4 Å². The Balaban J connectivity index is 1.58. The zero-order chi connectivity index (χ0) is 21.6. The second-order valence-corrected chi connectivity index (χ2v) is 9.66. The van der Waals surface area contributed by atoms with Gasteiger partial charge in [-0.2, -0.15) is 0 Å². The summed E-state index contributed by atoms with van der Waals surface area (Å²) in [7, 11) is 0. The van der Waals surface area contributed by atoms with Gasteiger partial charge in [-0.3, -0.25) is 9.59 Å². The highest BCUT2D eigenvalue weighted by Gasteiger charge is 2.28. The van der Waals surface area contributed by atoms with Crippen molar-refractivity contribution in [2.24, 2.45) is 5.41 Å². The van der Waals surface area contributed by atoms with Crippen molar-refractivity contribution in [2.45, 2.75) is 38.5 Å². The Bertz CT molecular complexity index is 870. The van der Waals surface area contributed by atoms with Crippen molar-refractivity contribution in [3.05, 3.63) is 54.1 Å². The maximum absolute atomic E-state index is 12.9.